The molecule has 1 amide bonds. The summed E-state index contributed by atoms with van der Waals surface area (Å²) >= 11 is 0. The molecule has 134 valence electrons. The number of hydrogen-bond donors (Lipinski definition) is 1. The van der Waals surface area contributed by atoms with Crippen molar-refractivity contribution in [3.63, 3.8) is 0 Å². The number of sulfone groups is 1. The van der Waals surface area contributed by atoms with Crippen LogP contribution in [-0.2, 0) is 16.9 Å². The van der Waals surface area contributed by atoms with Crippen molar-refractivity contribution in [3.8, 4) is 0 Å². The minimum absolute atomic E-state index is 0.110. The number of amides is 1. The van der Waals surface area contributed by atoms with Crippen molar-refractivity contribution in [2.45, 2.75) is 10.9 Å². The lowest BCUT2D eigenvalue weighted by Gasteiger charge is -2.19. The van der Waals surface area contributed by atoms with Gasteiger partial charge in [0.1, 0.15) is 11.9 Å². The molecule has 26 heavy (non-hydrogen) atoms. The van der Waals surface area contributed by atoms with Crippen LogP contribution >= 0.6 is 0 Å². The fraction of sp³-hybridized carbons (Fsp3) is 0.158. The fourth-order valence-corrected chi connectivity index (χ4v) is 3.35. The molecule has 2 aromatic carbocycles. The van der Waals surface area contributed by atoms with Gasteiger partial charge in [-0.05, 0) is 23.8 Å². The zero-order chi connectivity index (χ0) is 18.7. The summed E-state index contributed by atoms with van der Waals surface area (Å²) in [6, 6.07) is 15.0. The number of imidazole rings is 1. The molecule has 0 unspecified atom stereocenters. The normalized spacial score (nSPS) is 12.5. The van der Waals surface area contributed by atoms with Crippen molar-refractivity contribution in [2.75, 3.05) is 6.26 Å². The summed E-state index contributed by atoms with van der Waals surface area (Å²) in [5.41, 5.74) is 1.16. The Bertz CT molecular complexity index is 1030. The van der Waals surface area contributed by atoms with Gasteiger partial charge in [-0.15, -0.1) is 0 Å². The lowest BCUT2D eigenvalue weighted by atomic mass is 10.1. The van der Waals surface area contributed by atoms with E-state index in [2.05, 4.69) is 10.3 Å². The molecule has 7 heteroatoms. The minimum atomic E-state index is -3.39. The van der Waals surface area contributed by atoms with Crippen molar-refractivity contribution in [1.82, 2.24) is 14.9 Å². The first-order valence-corrected chi connectivity index (χ1v) is 9.88. The van der Waals surface area contributed by atoms with E-state index in [0.29, 0.717) is 5.82 Å². The van der Waals surface area contributed by atoms with Gasteiger partial charge in [-0.3, -0.25) is 4.79 Å². The van der Waals surface area contributed by atoms with Crippen molar-refractivity contribution >= 4 is 15.7 Å². The topological polar surface area (TPSA) is 81.1 Å². The summed E-state index contributed by atoms with van der Waals surface area (Å²) in [5, 5.41) is 2.95. The van der Waals surface area contributed by atoms with Gasteiger partial charge in [0.25, 0.3) is 5.91 Å². The van der Waals surface area contributed by atoms with Crippen LogP contribution in [0.2, 0.25) is 0 Å². The van der Waals surface area contributed by atoms with Crippen LogP contribution in [0.25, 0.3) is 0 Å². The summed E-state index contributed by atoms with van der Waals surface area (Å²) < 4.78 is 25.3. The van der Waals surface area contributed by atoms with E-state index in [9.17, 15) is 13.2 Å². The summed E-state index contributed by atoms with van der Waals surface area (Å²) in [6.45, 7) is 0. The van der Waals surface area contributed by atoms with E-state index < -0.39 is 15.9 Å². The highest BCUT2D eigenvalue weighted by molar-refractivity contribution is 7.90. The van der Waals surface area contributed by atoms with E-state index in [1.54, 1.807) is 18.3 Å². The first-order chi connectivity index (χ1) is 12.4. The van der Waals surface area contributed by atoms with Crippen LogP contribution in [0, 0.1) is 0 Å². The molecule has 0 bridgehead atoms. The van der Waals surface area contributed by atoms with Crippen molar-refractivity contribution in [3.05, 3.63) is 83.9 Å². The maximum atomic E-state index is 12.8. The molecule has 1 atom stereocenters. The molecule has 6 nitrogen and oxygen atoms in total. The molecule has 0 radical (unpaired) electrons. The van der Waals surface area contributed by atoms with Gasteiger partial charge in [0.15, 0.2) is 9.84 Å². The monoisotopic (exact) mass is 369 g/mol. The highest BCUT2D eigenvalue weighted by Crippen LogP contribution is 2.21. The molecule has 0 aliphatic rings. The molecule has 1 aromatic heterocycles. The van der Waals surface area contributed by atoms with Crippen molar-refractivity contribution < 1.29 is 13.2 Å². The van der Waals surface area contributed by atoms with E-state index in [4.69, 9.17) is 0 Å². The molecule has 0 saturated carbocycles. The SMILES string of the molecule is Cn1ccnc1[C@H](NC(=O)c1cccc(S(C)(=O)=O)c1)c1ccccc1. The van der Waals surface area contributed by atoms with Crippen LogP contribution in [0.15, 0.2) is 71.9 Å². The third-order valence-electron chi connectivity index (χ3n) is 4.05. The second kappa shape index (κ2) is 7.13. The number of nitrogens with one attached hydrogen (secondary N) is 1. The van der Waals surface area contributed by atoms with Crippen LogP contribution in [0.5, 0.6) is 0 Å². The van der Waals surface area contributed by atoms with Crippen molar-refractivity contribution in [2.24, 2.45) is 7.05 Å². The number of nitrogens with zero attached hydrogens (tertiary/aromatic N) is 2. The van der Waals surface area contributed by atoms with Crippen molar-refractivity contribution in [1.29, 1.82) is 0 Å². The molecule has 0 fully saturated rings. The zero-order valence-corrected chi connectivity index (χ0v) is 15.3. The predicted molar refractivity (Wildman–Crippen MR) is 98.5 cm³/mol. The van der Waals surface area contributed by atoms with Gasteiger partial charge < -0.3 is 9.88 Å². The first-order valence-electron chi connectivity index (χ1n) is 7.99. The maximum absolute atomic E-state index is 12.8. The Morgan fingerprint density at radius 1 is 1.12 bits per heavy atom. The minimum Gasteiger partial charge on any atom is -0.338 e. The Hall–Kier alpha value is -2.93. The van der Waals surface area contributed by atoms with Gasteiger partial charge in [-0.1, -0.05) is 36.4 Å². The van der Waals surface area contributed by atoms with E-state index in [0.717, 1.165) is 11.8 Å². The quantitative estimate of drug-likeness (QED) is 0.748. The van der Waals surface area contributed by atoms with E-state index in [1.807, 2.05) is 48.1 Å². The summed E-state index contributed by atoms with van der Waals surface area (Å²) in [7, 11) is -1.53. The molecule has 0 saturated heterocycles. The maximum Gasteiger partial charge on any atom is 0.252 e. The van der Waals surface area contributed by atoms with Gasteiger partial charge in [0.05, 0.1) is 4.90 Å². The highest BCUT2D eigenvalue weighted by Gasteiger charge is 2.21. The Labute approximate surface area is 152 Å². The second-order valence-electron chi connectivity index (χ2n) is 6.01. The summed E-state index contributed by atoms with van der Waals surface area (Å²) in [5.74, 6) is 0.316. The van der Waals surface area contributed by atoms with Crippen LogP contribution < -0.4 is 5.32 Å². The Morgan fingerprint density at radius 2 is 1.85 bits per heavy atom. The molecular weight excluding hydrogens is 350 g/mol. The third-order valence-corrected chi connectivity index (χ3v) is 5.16. The molecule has 3 rings (SSSR count). The van der Waals surface area contributed by atoms with Gasteiger partial charge in [0.2, 0.25) is 0 Å². The second-order valence-corrected chi connectivity index (χ2v) is 8.03. The average molecular weight is 369 g/mol. The number of carbonyl (C=O) groups excluding carboxylic acids is 1. The third kappa shape index (κ3) is 3.83. The molecule has 1 N–H and O–H groups in total. The van der Waals surface area contributed by atoms with Gasteiger partial charge in [-0.25, -0.2) is 13.4 Å². The molecule has 0 aliphatic carbocycles. The van der Waals surface area contributed by atoms with Crippen LogP contribution in [0.1, 0.15) is 27.8 Å². The lowest BCUT2D eigenvalue weighted by molar-refractivity contribution is 0.0941. The van der Waals surface area contributed by atoms with Gasteiger partial charge >= 0.3 is 0 Å². The average Bonchev–Trinajstić information content (AvgIpc) is 3.05. The van der Waals surface area contributed by atoms with E-state index in [1.165, 1.54) is 12.1 Å². The summed E-state index contributed by atoms with van der Waals surface area (Å²) in [6.07, 6.45) is 4.59. The van der Waals surface area contributed by atoms with Gasteiger partial charge in [-0.2, -0.15) is 0 Å². The van der Waals surface area contributed by atoms with Gasteiger partial charge in [0, 0.05) is 31.3 Å². The van der Waals surface area contributed by atoms with Crippen LogP contribution in [-0.4, -0.2) is 30.1 Å². The van der Waals surface area contributed by atoms with Crippen LogP contribution in [0.3, 0.4) is 0 Å². The van der Waals surface area contributed by atoms with E-state index >= 15 is 0 Å². The van der Waals surface area contributed by atoms with E-state index in [-0.39, 0.29) is 16.4 Å². The Kier molecular flexibility index (Phi) is 4.90. The first kappa shape index (κ1) is 17.9. The number of rotatable bonds is 5. The lowest BCUT2D eigenvalue weighted by Crippen LogP contribution is -2.31. The van der Waals surface area contributed by atoms with Crippen LogP contribution in [0.4, 0.5) is 0 Å². The Morgan fingerprint density at radius 3 is 2.46 bits per heavy atom. The molecule has 0 spiro atoms. The zero-order valence-electron chi connectivity index (χ0n) is 14.5. The number of aromatic nitrogens is 2. The molecular formula is C19H19N3O3S. The Balaban J connectivity index is 1.95. The molecule has 0 aliphatic heterocycles. The highest BCUT2D eigenvalue weighted by atomic mass is 32.2. The fourth-order valence-electron chi connectivity index (χ4n) is 2.68. The largest absolute Gasteiger partial charge is 0.338 e. The number of aryl methyl sites for hydroxylation is 1. The molecule has 3 aromatic rings. The molecule has 1 heterocycles. The smallest absolute Gasteiger partial charge is 0.252 e. The standard InChI is InChI=1S/C19H19N3O3S/c1-22-12-11-20-18(22)17(14-7-4-3-5-8-14)21-19(23)15-9-6-10-16(13-15)26(2,24)25/h3-13,17H,1-2H3,(H,21,23)/t17-/m1/s1. The number of carbonyl (C=O) groups is 1. The summed E-state index contributed by atoms with van der Waals surface area (Å²) in [4.78, 5) is 17.2. The number of benzene rings is 2. The number of hydrogen-bond acceptors (Lipinski definition) is 4. The predicted octanol–water partition coefficient (Wildman–Crippen LogP) is 2.34.